The number of hydrogen-bond acceptors (Lipinski definition) is 2. The van der Waals surface area contributed by atoms with Gasteiger partial charge >= 0.3 is 0 Å². The van der Waals surface area contributed by atoms with E-state index in [1.807, 2.05) is 18.2 Å². The summed E-state index contributed by atoms with van der Waals surface area (Å²) in [6, 6.07) is 15.2. The Hall–Kier alpha value is -2.22. The molecular formula is C15H12O2. The lowest BCUT2D eigenvalue weighted by Gasteiger charge is -1.96. The predicted octanol–water partition coefficient (Wildman–Crippen LogP) is 4.11. The molecule has 2 aromatic carbocycles. The third-order valence-electron chi connectivity index (χ3n) is 2.84. The molecule has 1 heterocycles. The molecule has 17 heavy (non-hydrogen) atoms. The van der Waals surface area contributed by atoms with Crippen molar-refractivity contribution >= 4 is 11.0 Å². The van der Waals surface area contributed by atoms with Gasteiger partial charge in [-0.1, -0.05) is 29.8 Å². The van der Waals surface area contributed by atoms with Crippen LogP contribution in [0.1, 0.15) is 5.56 Å². The molecule has 0 atom stereocenters. The average Bonchev–Trinajstić information content (AvgIpc) is 2.72. The summed E-state index contributed by atoms with van der Waals surface area (Å²) >= 11 is 0. The molecule has 2 nitrogen and oxygen atoms in total. The van der Waals surface area contributed by atoms with Crippen LogP contribution in [0.4, 0.5) is 0 Å². The molecule has 1 aromatic heterocycles. The molecule has 3 rings (SSSR count). The van der Waals surface area contributed by atoms with Crippen LogP contribution in [0, 0.1) is 6.92 Å². The maximum absolute atomic E-state index is 9.40. The summed E-state index contributed by atoms with van der Waals surface area (Å²) in [6.07, 6.45) is 0. The average molecular weight is 224 g/mol. The lowest BCUT2D eigenvalue weighted by molar-refractivity contribution is 0.476. The van der Waals surface area contributed by atoms with Crippen molar-refractivity contribution in [2.45, 2.75) is 6.92 Å². The van der Waals surface area contributed by atoms with Gasteiger partial charge in [-0.15, -0.1) is 0 Å². The SMILES string of the molecule is Cc1ccc(-c2cc3cc(O)ccc3o2)cc1. The molecule has 0 spiro atoms. The highest BCUT2D eigenvalue weighted by Gasteiger charge is 2.06. The van der Waals surface area contributed by atoms with Crippen LogP contribution in [0.3, 0.4) is 0 Å². The second-order valence-electron chi connectivity index (χ2n) is 4.20. The Bertz CT molecular complexity index is 663. The summed E-state index contributed by atoms with van der Waals surface area (Å²) in [6.45, 7) is 2.06. The van der Waals surface area contributed by atoms with E-state index in [0.717, 1.165) is 22.3 Å². The molecule has 1 N–H and O–H groups in total. The quantitative estimate of drug-likeness (QED) is 0.674. The standard InChI is InChI=1S/C15H12O2/c1-10-2-4-11(5-3-10)15-9-12-8-13(16)6-7-14(12)17-15/h2-9,16H,1H3. The highest BCUT2D eigenvalue weighted by Crippen LogP contribution is 2.29. The lowest BCUT2D eigenvalue weighted by Crippen LogP contribution is -1.74. The van der Waals surface area contributed by atoms with E-state index < -0.39 is 0 Å². The van der Waals surface area contributed by atoms with E-state index in [0.29, 0.717) is 0 Å². The van der Waals surface area contributed by atoms with Crippen molar-refractivity contribution in [3.63, 3.8) is 0 Å². The van der Waals surface area contributed by atoms with Gasteiger partial charge in [0, 0.05) is 10.9 Å². The van der Waals surface area contributed by atoms with Gasteiger partial charge in [0.05, 0.1) is 0 Å². The van der Waals surface area contributed by atoms with Crippen molar-refractivity contribution in [2.24, 2.45) is 0 Å². The van der Waals surface area contributed by atoms with Crippen molar-refractivity contribution < 1.29 is 9.52 Å². The summed E-state index contributed by atoms with van der Waals surface area (Å²) in [7, 11) is 0. The Labute approximate surface area is 99.1 Å². The number of rotatable bonds is 1. The molecule has 0 bridgehead atoms. The van der Waals surface area contributed by atoms with Gasteiger partial charge in [-0.3, -0.25) is 0 Å². The summed E-state index contributed by atoms with van der Waals surface area (Å²) in [5.74, 6) is 1.08. The Morgan fingerprint density at radius 1 is 0.941 bits per heavy atom. The fourth-order valence-corrected chi connectivity index (χ4v) is 1.89. The van der Waals surface area contributed by atoms with E-state index in [-0.39, 0.29) is 5.75 Å². The molecule has 0 amide bonds. The second kappa shape index (κ2) is 3.67. The summed E-state index contributed by atoms with van der Waals surface area (Å²) < 4.78 is 5.74. The zero-order valence-electron chi connectivity index (χ0n) is 9.47. The molecule has 84 valence electrons. The minimum atomic E-state index is 0.258. The first-order chi connectivity index (χ1) is 8.22. The van der Waals surface area contributed by atoms with Crippen molar-refractivity contribution in [1.82, 2.24) is 0 Å². The smallest absolute Gasteiger partial charge is 0.135 e. The molecule has 0 fully saturated rings. The van der Waals surface area contributed by atoms with E-state index in [1.54, 1.807) is 18.2 Å². The third-order valence-corrected chi connectivity index (χ3v) is 2.84. The van der Waals surface area contributed by atoms with Crippen LogP contribution in [0.15, 0.2) is 52.9 Å². The maximum atomic E-state index is 9.40. The topological polar surface area (TPSA) is 33.4 Å². The zero-order valence-corrected chi connectivity index (χ0v) is 9.47. The van der Waals surface area contributed by atoms with Crippen LogP contribution in [-0.2, 0) is 0 Å². The normalized spacial score (nSPS) is 10.9. The lowest BCUT2D eigenvalue weighted by atomic mass is 10.1. The first kappa shape index (κ1) is 9.97. The van der Waals surface area contributed by atoms with Crippen molar-refractivity contribution in [3.8, 4) is 17.1 Å². The number of benzene rings is 2. The second-order valence-corrected chi connectivity index (χ2v) is 4.20. The van der Waals surface area contributed by atoms with Crippen LogP contribution in [0.5, 0.6) is 5.75 Å². The Morgan fingerprint density at radius 2 is 1.71 bits per heavy atom. The number of fused-ring (bicyclic) bond motifs is 1. The molecule has 0 saturated carbocycles. The van der Waals surface area contributed by atoms with E-state index in [2.05, 4.69) is 19.1 Å². The summed E-state index contributed by atoms with van der Waals surface area (Å²) in [5, 5.41) is 10.3. The fraction of sp³-hybridized carbons (Fsp3) is 0.0667. The van der Waals surface area contributed by atoms with Gasteiger partial charge in [-0.05, 0) is 31.2 Å². The van der Waals surface area contributed by atoms with Gasteiger partial charge in [0.1, 0.15) is 17.1 Å². The summed E-state index contributed by atoms with van der Waals surface area (Å²) in [5.41, 5.74) is 3.06. The highest BCUT2D eigenvalue weighted by molar-refractivity contribution is 5.84. The Balaban J connectivity index is 2.14. The molecule has 0 saturated heterocycles. The summed E-state index contributed by atoms with van der Waals surface area (Å²) in [4.78, 5) is 0. The van der Waals surface area contributed by atoms with Gasteiger partial charge in [0.2, 0.25) is 0 Å². The van der Waals surface area contributed by atoms with E-state index in [4.69, 9.17) is 4.42 Å². The van der Waals surface area contributed by atoms with Gasteiger partial charge in [-0.25, -0.2) is 0 Å². The van der Waals surface area contributed by atoms with Gasteiger partial charge in [0.15, 0.2) is 0 Å². The first-order valence-electron chi connectivity index (χ1n) is 5.52. The number of phenolic OH excluding ortho intramolecular Hbond substituents is 1. The molecule has 0 aliphatic rings. The molecule has 2 heteroatoms. The third kappa shape index (κ3) is 1.78. The van der Waals surface area contributed by atoms with Gasteiger partial charge in [0.25, 0.3) is 0 Å². The number of hydrogen-bond donors (Lipinski definition) is 1. The monoisotopic (exact) mass is 224 g/mol. The molecule has 0 aliphatic carbocycles. The van der Waals surface area contributed by atoms with Crippen LogP contribution in [0.25, 0.3) is 22.3 Å². The van der Waals surface area contributed by atoms with Crippen molar-refractivity contribution in [3.05, 3.63) is 54.1 Å². The molecular weight excluding hydrogens is 212 g/mol. The largest absolute Gasteiger partial charge is 0.508 e. The van der Waals surface area contributed by atoms with Crippen LogP contribution in [-0.4, -0.2) is 5.11 Å². The van der Waals surface area contributed by atoms with Crippen molar-refractivity contribution in [2.75, 3.05) is 0 Å². The molecule has 0 aliphatic heterocycles. The molecule has 0 radical (unpaired) electrons. The predicted molar refractivity (Wildman–Crippen MR) is 68.1 cm³/mol. The van der Waals surface area contributed by atoms with E-state index in [1.165, 1.54) is 5.56 Å². The Morgan fingerprint density at radius 3 is 2.47 bits per heavy atom. The number of aryl methyl sites for hydroxylation is 1. The molecule has 0 unspecified atom stereocenters. The number of furan rings is 1. The number of phenols is 1. The van der Waals surface area contributed by atoms with Crippen molar-refractivity contribution in [1.29, 1.82) is 0 Å². The van der Waals surface area contributed by atoms with Gasteiger partial charge in [-0.2, -0.15) is 0 Å². The number of aromatic hydroxyl groups is 1. The molecule has 3 aromatic rings. The fourth-order valence-electron chi connectivity index (χ4n) is 1.89. The van der Waals surface area contributed by atoms with E-state index in [9.17, 15) is 5.11 Å². The van der Waals surface area contributed by atoms with Crippen LogP contribution in [0.2, 0.25) is 0 Å². The van der Waals surface area contributed by atoms with Gasteiger partial charge < -0.3 is 9.52 Å². The zero-order chi connectivity index (χ0) is 11.8. The Kier molecular flexibility index (Phi) is 2.15. The minimum Gasteiger partial charge on any atom is -0.508 e. The first-order valence-corrected chi connectivity index (χ1v) is 5.52. The van der Waals surface area contributed by atoms with Crippen LogP contribution < -0.4 is 0 Å². The highest BCUT2D eigenvalue weighted by atomic mass is 16.3. The van der Waals surface area contributed by atoms with Crippen LogP contribution >= 0.6 is 0 Å². The van der Waals surface area contributed by atoms with E-state index >= 15 is 0 Å². The minimum absolute atomic E-state index is 0.258. The maximum Gasteiger partial charge on any atom is 0.135 e.